The van der Waals surface area contributed by atoms with Gasteiger partial charge in [-0.05, 0) is 62.7 Å². The van der Waals surface area contributed by atoms with Crippen molar-refractivity contribution in [3.05, 3.63) is 173 Å². The molecular formula is C38H26N2. The Morgan fingerprint density at radius 3 is 1.70 bits per heavy atom. The van der Waals surface area contributed by atoms with Gasteiger partial charge in [-0.2, -0.15) is 0 Å². The molecule has 2 aliphatic carbocycles. The van der Waals surface area contributed by atoms with E-state index in [2.05, 4.69) is 127 Å². The van der Waals surface area contributed by atoms with Crippen LogP contribution in [0.25, 0.3) is 22.3 Å². The van der Waals surface area contributed by atoms with Crippen LogP contribution >= 0.6 is 0 Å². The van der Waals surface area contributed by atoms with E-state index < -0.39 is 0 Å². The lowest BCUT2D eigenvalue weighted by atomic mass is 9.70. The number of aliphatic imine (C=N–C) groups is 1. The Morgan fingerprint density at radius 1 is 0.450 bits per heavy atom. The van der Waals surface area contributed by atoms with E-state index in [1.807, 2.05) is 30.5 Å². The number of anilines is 2. The van der Waals surface area contributed by atoms with Crippen LogP contribution in [-0.4, -0.2) is 6.21 Å². The van der Waals surface area contributed by atoms with Crippen LogP contribution in [0.15, 0.2) is 151 Å². The van der Waals surface area contributed by atoms with Gasteiger partial charge in [0.15, 0.2) is 0 Å². The lowest BCUT2D eigenvalue weighted by Gasteiger charge is -2.30. The molecule has 0 heterocycles. The van der Waals surface area contributed by atoms with Crippen LogP contribution < -0.4 is 5.32 Å². The van der Waals surface area contributed by atoms with E-state index in [9.17, 15) is 0 Å². The first-order valence-electron chi connectivity index (χ1n) is 13.7. The Balaban J connectivity index is 1.33. The smallest absolute Gasteiger partial charge is 0.0864 e. The van der Waals surface area contributed by atoms with Crippen molar-refractivity contribution < 1.29 is 0 Å². The molecule has 0 atom stereocenters. The summed E-state index contributed by atoms with van der Waals surface area (Å²) in [5.74, 6) is 0. The van der Waals surface area contributed by atoms with E-state index >= 15 is 0 Å². The Morgan fingerprint density at radius 2 is 0.975 bits per heavy atom. The number of fused-ring (bicyclic) bond motifs is 10. The number of hydrogen-bond donors (Lipinski definition) is 1. The van der Waals surface area contributed by atoms with Crippen molar-refractivity contribution >= 4 is 23.3 Å². The van der Waals surface area contributed by atoms with Gasteiger partial charge in [0.1, 0.15) is 0 Å². The third-order valence-corrected chi connectivity index (χ3v) is 8.35. The second-order valence-corrected chi connectivity index (χ2v) is 10.4. The van der Waals surface area contributed by atoms with Gasteiger partial charge < -0.3 is 5.32 Å². The van der Waals surface area contributed by atoms with E-state index in [0.29, 0.717) is 0 Å². The first kappa shape index (κ1) is 22.7. The molecule has 2 aliphatic rings. The molecule has 0 aliphatic heterocycles. The highest BCUT2D eigenvalue weighted by Gasteiger charge is 2.51. The van der Waals surface area contributed by atoms with Crippen molar-refractivity contribution in [3.8, 4) is 22.3 Å². The lowest BCUT2D eigenvalue weighted by Crippen LogP contribution is -2.25. The molecule has 1 spiro atoms. The van der Waals surface area contributed by atoms with Crippen molar-refractivity contribution in [2.75, 3.05) is 5.32 Å². The molecule has 2 heteroatoms. The zero-order valence-corrected chi connectivity index (χ0v) is 21.9. The van der Waals surface area contributed by atoms with Gasteiger partial charge in [0, 0.05) is 17.5 Å². The van der Waals surface area contributed by atoms with Crippen LogP contribution in [0.3, 0.4) is 0 Å². The van der Waals surface area contributed by atoms with Crippen LogP contribution in [0.2, 0.25) is 0 Å². The third kappa shape index (κ3) is 3.20. The van der Waals surface area contributed by atoms with E-state index in [0.717, 1.165) is 22.6 Å². The molecular weight excluding hydrogens is 484 g/mol. The molecule has 8 rings (SSSR count). The molecule has 6 aromatic carbocycles. The summed E-state index contributed by atoms with van der Waals surface area (Å²) in [6.45, 7) is 0. The van der Waals surface area contributed by atoms with Gasteiger partial charge in [-0.15, -0.1) is 0 Å². The minimum Gasteiger partial charge on any atom is -0.353 e. The van der Waals surface area contributed by atoms with Crippen LogP contribution in [-0.2, 0) is 5.41 Å². The second kappa shape index (κ2) is 8.93. The maximum absolute atomic E-state index is 4.85. The predicted octanol–water partition coefficient (Wildman–Crippen LogP) is 9.52. The highest BCUT2D eigenvalue weighted by atomic mass is 14.9. The Labute approximate surface area is 234 Å². The topological polar surface area (TPSA) is 24.4 Å². The summed E-state index contributed by atoms with van der Waals surface area (Å²) in [6, 6.07) is 51.9. The first-order valence-corrected chi connectivity index (χ1v) is 13.7. The normalized spacial score (nSPS) is 13.6. The van der Waals surface area contributed by atoms with Crippen molar-refractivity contribution in [3.63, 3.8) is 0 Å². The van der Waals surface area contributed by atoms with Crippen molar-refractivity contribution in [1.29, 1.82) is 0 Å². The quantitative estimate of drug-likeness (QED) is 0.234. The molecule has 188 valence electrons. The minimum absolute atomic E-state index is 0.345. The van der Waals surface area contributed by atoms with E-state index in [-0.39, 0.29) is 5.41 Å². The van der Waals surface area contributed by atoms with Gasteiger partial charge in [-0.3, -0.25) is 4.99 Å². The number of para-hydroxylation sites is 2. The molecule has 0 fully saturated rings. The van der Waals surface area contributed by atoms with Gasteiger partial charge in [0.2, 0.25) is 0 Å². The van der Waals surface area contributed by atoms with Crippen molar-refractivity contribution in [2.24, 2.45) is 4.99 Å². The Hall–Kier alpha value is -5.21. The molecule has 2 nitrogen and oxygen atoms in total. The van der Waals surface area contributed by atoms with Gasteiger partial charge in [0.05, 0.1) is 16.8 Å². The second-order valence-electron chi connectivity index (χ2n) is 10.4. The minimum atomic E-state index is -0.345. The predicted molar refractivity (Wildman–Crippen MR) is 166 cm³/mol. The average molecular weight is 511 g/mol. The summed E-state index contributed by atoms with van der Waals surface area (Å²) in [6.07, 6.45) is 1.92. The fourth-order valence-electron chi connectivity index (χ4n) is 6.77. The summed E-state index contributed by atoms with van der Waals surface area (Å²) < 4.78 is 0. The summed E-state index contributed by atoms with van der Waals surface area (Å²) in [5.41, 5.74) is 14.2. The maximum atomic E-state index is 4.85. The number of benzene rings is 6. The van der Waals surface area contributed by atoms with E-state index in [4.69, 9.17) is 4.99 Å². The largest absolute Gasteiger partial charge is 0.353 e. The number of rotatable bonds is 4. The Kier molecular flexibility index (Phi) is 5.08. The van der Waals surface area contributed by atoms with E-state index in [1.54, 1.807) is 0 Å². The summed E-state index contributed by atoms with van der Waals surface area (Å²) in [5, 5.41) is 3.79. The number of hydrogen-bond acceptors (Lipinski definition) is 2. The zero-order valence-electron chi connectivity index (χ0n) is 21.9. The molecule has 0 saturated heterocycles. The molecule has 0 aromatic heterocycles. The molecule has 40 heavy (non-hydrogen) atoms. The summed E-state index contributed by atoms with van der Waals surface area (Å²) in [7, 11) is 0. The number of nitrogens with one attached hydrogen (secondary N) is 1. The lowest BCUT2D eigenvalue weighted by molar-refractivity contribution is 0.794. The molecule has 0 radical (unpaired) electrons. The summed E-state index contributed by atoms with van der Waals surface area (Å²) in [4.78, 5) is 4.85. The van der Waals surface area contributed by atoms with Gasteiger partial charge in [-0.25, -0.2) is 0 Å². The van der Waals surface area contributed by atoms with Crippen LogP contribution in [0, 0.1) is 0 Å². The maximum Gasteiger partial charge on any atom is 0.0864 e. The highest BCUT2D eigenvalue weighted by molar-refractivity contribution is 5.99. The molecule has 1 N–H and O–H groups in total. The van der Waals surface area contributed by atoms with E-state index in [1.165, 1.54) is 44.5 Å². The van der Waals surface area contributed by atoms with Crippen LogP contribution in [0.5, 0.6) is 0 Å². The van der Waals surface area contributed by atoms with Crippen molar-refractivity contribution in [1.82, 2.24) is 0 Å². The molecule has 0 bridgehead atoms. The van der Waals surface area contributed by atoms with Crippen LogP contribution in [0.1, 0.15) is 27.8 Å². The monoisotopic (exact) mass is 510 g/mol. The van der Waals surface area contributed by atoms with Crippen LogP contribution in [0.4, 0.5) is 17.1 Å². The molecule has 0 saturated carbocycles. The Bertz CT molecular complexity index is 1890. The van der Waals surface area contributed by atoms with Gasteiger partial charge in [-0.1, -0.05) is 127 Å². The van der Waals surface area contributed by atoms with Gasteiger partial charge in [0.25, 0.3) is 0 Å². The fourth-order valence-corrected chi connectivity index (χ4v) is 6.77. The summed E-state index contributed by atoms with van der Waals surface area (Å²) >= 11 is 0. The standard InChI is InChI=1S/C38H26N2/c1-2-13-26(14-3-1)25-39-34-22-10-11-23-35(34)40-36-24-12-21-33-37(36)29-17-6-9-20-32(29)38(33)30-18-7-4-15-27(30)28-16-5-8-19-31(28)38/h1-25,40H/b39-25+. The number of nitrogens with zero attached hydrogens (tertiary/aromatic N) is 1. The third-order valence-electron chi connectivity index (χ3n) is 8.35. The zero-order chi connectivity index (χ0) is 26.5. The molecule has 0 unspecified atom stereocenters. The highest BCUT2D eigenvalue weighted by Crippen LogP contribution is 2.63. The van der Waals surface area contributed by atoms with Crippen molar-refractivity contribution in [2.45, 2.75) is 5.41 Å². The SMILES string of the molecule is C(=N\c1ccccc1Nc1cccc2c1-c1ccccc1C21c2ccccc2-c2ccccc21)/c1ccccc1. The molecule has 6 aromatic rings. The fraction of sp³-hybridized carbons (Fsp3) is 0.0263. The van der Waals surface area contributed by atoms with Gasteiger partial charge >= 0.3 is 0 Å². The average Bonchev–Trinajstić information content (AvgIpc) is 3.49. The first-order chi connectivity index (χ1) is 19.9. The molecule has 0 amide bonds.